The number of nitrogens with one attached hydrogen (secondary N) is 1. The van der Waals surface area contributed by atoms with E-state index < -0.39 is 21.7 Å². The predicted octanol–water partition coefficient (Wildman–Crippen LogP) is 2.50. The molecule has 29 heavy (non-hydrogen) atoms. The minimum atomic E-state index is -0.733. The zero-order valence-electron chi connectivity index (χ0n) is 15.2. The number of nitro groups is 2. The molecule has 0 aromatic heterocycles. The minimum absolute atomic E-state index is 0.0272. The quantitative estimate of drug-likeness (QED) is 0.579. The van der Waals surface area contributed by atoms with Gasteiger partial charge in [0.25, 0.3) is 11.4 Å². The fourth-order valence-electron chi connectivity index (χ4n) is 3.02. The summed E-state index contributed by atoms with van der Waals surface area (Å²) in [6.45, 7) is 0.0558. The van der Waals surface area contributed by atoms with Crippen LogP contribution in [0.15, 0.2) is 42.5 Å². The number of benzene rings is 2. The molecule has 1 aliphatic rings. The molecule has 0 aliphatic carbocycles. The van der Waals surface area contributed by atoms with Gasteiger partial charge >= 0.3 is 0 Å². The van der Waals surface area contributed by atoms with E-state index in [1.165, 1.54) is 54.5 Å². The van der Waals surface area contributed by atoms with Crippen LogP contribution in [-0.2, 0) is 9.59 Å². The number of hydrogen-bond acceptors (Lipinski definition) is 7. The molecule has 1 saturated heterocycles. The molecule has 1 aliphatic heterocycles. The Hall–Kier alpha value is -4.02. The van der Waals surface area contributed by atoms with Crippen molar-refractivity contribution in [3.63, 3.8) is 0 Å². The molecule has 0 saturated carbocycles. The van der Waals surface area contributed by atoms with Crippen LogP contribution in [0, 0.1) is 26.1 Å². The average molecular weight is 400 g/mol. The third kappa shape index (κ3) is 4.13. The fraction of sp³-hybridized carbons (Fsp3) is 0.222. The average Bonchev–Trinajstić information content (AvgIpc) is 3.09. The molecule has 2 aromatic carbocycles. The third-order valence-electron chi connectivity index (χ3n) is 4.53. The Labute approximate surface area is 164 Å². The van der Waals surface area contributed by atoms with E-state index >= 15 is 0 Å². The molecule has 2 amide bonds. The van der Waals surface area contributed by atoms with Gasteiger partial charge in [-0.05, 0) is 18.2 Å². The number of nitro benzene ring substituents is 2. The summed E-state index contributed by atoms with van der Waals surface area (Å²) in [5.41, 5.74) is -0.000400. The van der Waals surface area contributed by atoms with Crippen molar-refractivity contribution in [2.24, 2.45) is 5.92 Å². The highest BCUT2D eigenvalue weighted by Crippen LogP contribution is 2.31. The van der Waals surface area contributed by atoms with Gasteiger partial charge < -0.3 is 15.0 Å². The molecular weight excluding hydrogens is 384 g/mol. The van der Waals surface area contributed by atoms with Crippen LogP contribution in [0.25, 0.3) is 0 Å². The standard InChI is InChI=1S/C18H16N4O7/c1-29-14-6-7-16(22(27)28)15(9-14)19-18(24)11-8-17(23)20(10-11)12-2-4-13(5-3-12)21(25)26/h2-7,9,11H,8,10H2,1H3,(H,19,24)/t11-/m0/s1. The van der Waals surface area contributed by atoms with Crippen LogP contribution in [-0.4, -0.2) is 35.3 Å². The monoisotopic (exact) mass is 400 g/mol. The normalized spacial score (nSPS) is 15.8. The number of non-ortho nitro benzene ring substituents is 1. The summed E-state index contributed by atoms with van der Waals surface area (Å²) in [4.78, 5) is 47.1. The molecule has 1 atom stereocenters. The van der Waals surface area contributed by atoms with Gasteiger partial charge in [-0.1, -0.05) is 0 Å². The summed E-state index contributed by atoms with van der Waals surface area (Å²) in [5, 5.41) is 24.4. The molecule has 0 bridgehead atoms. The zero-order valence-corrected chi connectivity index (χ0v) is 15.2. The summed E-state index contributed by atoms with van der Waals surface area (Å²) >= 11 is 0. The van der Waals surface area contributed by atoms with E-state index in [9.17, 15) is 29.8 Å². The maximum atomic E-state index is 12.6. The number of methoxy groups -OCH3 is 1. The number of carbonyl (C=O) groups is 2. The third-order valence-corrected chi connectivity index (χ3v) is 4.53. The van der Waals surface area contributed by atoms with Gasteiger partial charge in [-0.15, -0.1) is 0 Å². The summed E-state index contributed by atoms with van der Waals surface area (Å²) in [7, 11) is 1.39. The molecule has 1 fully saturated rings. The lowest BCUT2D eigenvalue weighted by molar-refractivity contribution is -0.384. The van der Waals surface area contributed by atoms with E-state index in [0.29, 0.717) is 11.4 Å². The van der Waals surface area contributed by atoms with Crippen LogP contribution in [0.3, 0.4) is 0 Å². The highest BCUT2D eigenvalue weighted by Gasteiger charge is 2.36. The first kappa shape index (κ1) is 19.7. The lowest BCUT2D eigenvalue weighted by Gasteiger charge is -2.16. The fourth-order valence-corrected chi connectivity index (χ4v) is 3.02. The van der Waals surface area contributed by atoms with E-state index in [-0.39, 0.29) is 35.9 Å². The van der Waals surface area contributed by atoms with Crippen LogP contribution < -0.4 is 15.0 Å². The van der Waals surface area contributed by atoms with Crippen LogP contribution in [0.4, 0.5) is 22.7 Å². The van der Waals surface area contributed by atoms with E-state index in [1.807, 2.05) is 0 Å². The Balaban J connectivity index is 1.75. The first-order valence-electron chi connectivity index (χ1n) is 8.48. The van der Waals surface area contributed by atoms with Gasteiger partial charge in [0, 0.05) is 42.9 Å². The van der Waals surface area contributed by atoms with Crippen molar-refractivity contribution in [1.82, 2.24) is 0 Å². The second-order valence-electron chi connectivity index (χ2n) is 6.31. The minimum Gasteiger partial charge on any atom is -0.497 e. The molecule has 0 radical (unpaired) electrons. The zero-order chi connectivity index (χ0) is 21.1. The lowest BCUT2D eigenvalue weighted by atomic mass is 10.1. The Kier molecular flexibility index (Phi) is 5.39. The summed E-state index contributed by atoms with van der Waals surface area (Å²) in [6, 6.07) is 9.37. The Morgan fingerprint density at radius 1 is 1.14 bits per heavy atom. The van der Waals surface area contributed by atoms with Crippen molar-refractivity contribution in [3.8, 4) is 5.75 Å². The van der Waals surface area contributed by atoms with Crippen molar-refractivity contribution in [2.45, 2.75) is 6.42 Å². The van der Waals surface area contributed by atoms with Crippen LogP contribution >= 0.6 is 0 Å². The van der Waals surface area contributed by atoms with Crippen LogP contribution in [0.5, 0.6) is 5.75 Å². The Morgan fingerprint density at radius 2 is 1.83 bits per heavy atom. The van der Waals surface area contributed by atoms with Gasteiger partial charge in [-0.25, -0.2) is 0 Å². The highest BCUT2D eigenvalue weighted by atomic mass is 16.6. The van der Waals surface area contributed by atoms with Crippen LogP contribution in [0.1, 0.15) is 6.42 Å². The maximum Gasteiger partial charge on any atom is 0.293 e. The van der Waals surface area contributed by atoms with Gasteiger partial charge in [0.1, 0.15) is 11.4 Å². The van der Waals surface area contributed by atoms with Crippen molar-refractivity contribution < 1.29 is 24.2 Å². The van der Waals surface area contributed by atoms with Gasteiger partial charge in [0.2, 0.25) is 11.8 Å². The number of anilines is 2. The maximum absolute atomic E-state index is 12.6. The lowest BCUT2D eigenvalue weighted by Crippen LogP contribution is -2.28. The molecule has 3 rings (SSSR count). The molecule has 2 aromatic rings. The summed E-state index contributed by atoms with van der Waals surface area (Å²) in [6.07, 6.45) is -0.0828. The number of ether oxygens (including phenoxy) is 1. The van der Waals surface area contributed by atoms with Crippen molar-refractivity contribution >= 4 is 34.6 Å². The van der Waals surface area contributed by atoms with Crippen molar-refractivity contribution in [1.29, 1.82) is 0 Å². The second kappa shape index (κ2) is 7.92. The second-order valence-corrected chi connectivity index (χ2v) is 6.31. The molecule has 11 nitrogen and oxygen atoms in total. The topological polar surface area (TPSA) is 145 Å². The van der Waals surface area contributed by atoms with Crippen molar-refractivity contribution in [2.75, 3.05) is 23.9 Å². The first-order valence-corrected chi connectivity index (χ1v) is 8.48. The van der Waals surface area contributed by atoms with E-state index in [4.69, 9.17) is 4.74 Å². The molecule has 150 valence electrons. The van der Waals surface area contributed by atoms with Gasteiger partial charge in [0.15, 0.2) is 0 Å². The number of carbonyl (C=O) groups excluding carboxylic acids is 2. The molecule has 0 spiro atoms. The molecule has 1 heterocycles. The number of amides is 2. The first-order chi connectivity index (χ1) is 13.8. The Morgan fingerprint density at radius 3 is 2.41 bits per heavy atom. The van der Waals surface area contributed by atoms with Crippen molar-refractivity contribution in [3.05, 3.63) is 62.7 Å². The van der Waals surface area contributed by atoms with Gasteiger partial charge in [0.05, 0.1) is 22.9 Å². The Bertz CT molecular complexity index is 990. The van der Waals surface area contributed by atoms with Crippen LogP contribution in [0.2, 0.25) is 0 Å². The predicted molar refractivity (Wildman–Crippen MR) is 102 cm³/mol. The molecule has 0 unspecified atom stereocenters. The van der Waals surface area contributed by atoms with E-state index in [0.717, 1.165) is 0 Å². The molecule has 11 heteroatoms. The van der Waals surface area contributed by atoms with E-state index in [2.05, 4.69) is 5.32 Å². The number of hydrogen-bond donors (Lipinski definition) is 1. The SMILES string of the molecule is COc1ccc([N+](=O)[O-])c(NC(=O)[C@H]2CC(=O)N(c3ccc([N+](=O)[O-])cc3)C2)c1. The van der Waals surface area contributed by atoms with Gasteiger partial charge in [-0.2, -0.15) is 0 Å². The number of rotatable bonds is 6. The van der Waals surface area contributed by atoms with Gasteiger partial charge in [-0.3, -0.25) is 29.8 Å². The largest absolute Gasteiger partial charge is 0.497 e. The molecule has 1 N–H and O–H groups in total. The molecular formula is C18H16N4O7. The smallest absolute Gasteiger partial charge is 0.293 e. The number of nitrogens with zero attached hydrogens (tertiary/aromatic N) is 3. The highest BCUT2D eigenvalue weighted by molar-refractivity contribution is 6.04. The summed E-state index contributed by atoms with van der Waals surface area (Å²) in [5.74, 6) is -1.26. The summed E-state index contributed by atoms with van der Waals surface area (Å²) < 4.78 is 5.03. The van der Waals surface area contributed by atoms with E-state index in [1.54, 1.807) is 0 Å².